The summed E-state index contributed by atoms with van der Waals surface area (Å²) in [6.07, 6.45) is -3.25. The molecule has 0 radical (unpaired) electrons. The molecule has 0 aromatic heterocycles. The van der Waals surface area contributed by atoms with Crippen molar-refractivity contribution < 1.29 is 24.4 Å². The van der Waals surface area contributed by atoms with E-state index in [2.05, 4.69) is 23.5 Å². The fourth-order valence-corrected chi connectivity index (χ4v) is 3.48. The van der Waals surface area contributed by atoms with Gasteiger partial charge in [0.05, 0.1) is 6.61 Å². The van der Waals surface area contributed by atoms with Crippen LogP contribution in [-0.2, 0) is 14.2 Å². The Morgan fingerprint density at radius 3 is 2.68 bits per heavy atom. The molecule has 3 heterocycles. The Morgan fingerprint density at radius 2 is 1.76 bits per heavy atom. The van der Waals surface area contributed by atoms with E-state index in [-0.39, 0.29) is 0 Å². The Kier molecular flexibility index (Phi) is 4.87. The molecule has 5 atom stereocenters. The van der Waals surface area contributed by atoms with Crippen molar-refractivity contribution in [2.24, 2.45) is 0 Å². The van der Waals surface area contributed by atoms with Gasteiger partial charge in [0, 0.05) is 24.2 Å². The largest absolute Gasteiger partial charge is 0.387 e. The molecule has 0 spiro atoms. The van der Waals surface area contributed by atoms with Crippen molar-refractivity contribution in [2.75, 3.05) is 25.1 Å². The van der Waals surface area contributed by atoms with E-state index < -0.39 is 30.7 Å². The minimum absolute atomic E-state index is 0.416. The number of aliphatic hydroxyl groups excluding tert-OH is 2. The lowest BCUT2D eigenvalue weighted by Gasteiger charge is -2.41. The summed E-state index contributed by atoms with van der Waals surface area (Å²) in [6.45, 7) is 1.35. The number of hydrogen-bond donors (Lipinski definition) is 3. The number of benzene rings is 2. The zero-order valence-electron chi connectivity index (χ0n) is 13.9. The maximum absolute atomic E-state index is 10.4. The summed E-state index contributed by atoms with van der Waals surface area (Å²) >= 11 is 0. The van der Waals surface area contributed by atoms with Crippen molar-refractivity contribution in [3.63, 3.8) is 0 Å². The van der Waals surface area contributed by atoms with Crippen LogP contribution < -0.4 is 5.32 Å². The third-order valence-electron chi connectivity index (χ3n) is 4.81. The Bertz CT molecular complexity index is 717. The quantitative estimate of drug-likeness (QED) is 0.782. The number of anilines is 1. The van der Waals surface area contributed by atoms with Gasteiger partial charge >= 0.3 is 0 Å². The van der Waals surface area contributed by atoms with Crippen LogP contribution in [0.3, 0.4) is 0 Å². The van der Waals surface area contributed by atoms with Gasteiger partial charge in [-0.15, -0.1) is 0 Å². The van der Waals surface area contributed by atoms with Crippen LogP contribution in [0.2, 0.25) is 0 Å². The fourth-order valence-electron chi connectivity index (χ4n) is 3.48. The highest BCUT2D eigenvalue weighted by atomic mass is 16.7. The van der Waals surface area contributed by atoms with Crippen molar-refractivity contribution in [3.05, 3.63) is 42.5 Å². The zero-order valence-corrected chi connectivity index (χ0v) is 13.9. The van der Waals surface area contributed by atoms with E-state index in [1.807, 2.05) is 24.3 Å². The molecule has 6 nitrogen and oxygen atoms in total. The summed E-state index contributed by atoms with van der Waals surface area (Å²) < 4.78 is 17.2. The Morgan fingerprint density at radius 1 is 0.960 bits per heavy atom. The van der Waals surface area contributed by atoms with Gasteiger partial charge in [-0.25, -0.2) is 0 Å². The Balaban J connectivity index is 1.53. The summed E-state index contributed by atoms with van der Waals surface area (Å²) in [4.78, 5) is 0. The number of ether oxygens (including phenoxy) is 3. The molecule has 2 bridgehead atoms. The molecule has 2 aromatic rings. The van der Waals surface area contributed by atoms with Gasteiger partial charge in [0.15, 0.2) is 6.29 Å². The van der Waals surface area contributed by atoms with Crippen LogP contribution in [0.5, 0.6) is 0 Å². The van der Waals surface area contributed by atoms with Crippen molar-refractivity contribution in [3.8, 4) is 0 Å². The zero-order chi connectivity index (χ0) is 17.2. The van der Waals surface area contributed by atoms with Crippen LogP contribution in [0.25, 0.3) is 10.8 Å². The molecular formula is C19H23NO5. The number of aliphatic hydroxyl groups is 2. The summed E-state index contributed by atoms with van der Waals surface area (Å²) in [5, 5.41) is 26.2. The average Bonchev–Trinajstić information content (AvgIpc) is 2.78. The first-order valence-corrected chi connectivity index (χ1v) is 8.70. The van der Waals surface area contributed by atoms with Gasteiger partial charge in [0.2, 0.25) is 0 Å². The predicted octanol–water partition coefficient (Wildman–Crippen LogP) is 1.50. The van der Waals surface area contributed by atoms with E-state index in [1.165, 1.54) is 0 Å². The molecule has 0 amide bonds. The molecule has 0 aliphatic carbocycles. The van der Waals surface area contributed by atoms with Crippen LogP contribution in [0.1, 0.15) is 6.42 Å². The maximum Gasteiger partial charge on any atom is 0.186 e. The third kappa shape index (κ3) is 3.36. The highest BCUT2D eigenvalue weighted by Gasteiger charge is 2.46. The minimum atomic E-state index is -1.10. The van der Waals surface area contributed by atoms with Gasteiger partial charge in [-0.3, -0.25) is 0 Å². The molecule has 2 aromatic carbocycles. The molecule has 5 rings (SSSR count). The van der Waals surface area contributed by atoms with Gasteiger partial charge < -0.3 is 29.7 Å². The van der Waals surface area contributed by atoms with E-state index in [0.29, 0.717) is 26.2 Å². The smallest absolute Gasteiger partial charge is 0.186 e. The van der Waals surface area contributed by atoms with Gasteiger partial charge in [-0.05, 0) is 17.9 Å². The summed E-state index contributed by atoms with van der Waals surface area (Å²) in [5.41, 5.74) is 0.994. The fraction of sp³-hybridized carbons (Fsp3) is 0.474. The first-order chi connectivity index (χ1) is 12.2. The number of nitrogens with one attached hydrogen (secondary N) is 1. The van der Waals surface area contributed by atoms with Crippen LogP contribution in [0, 0.1) is 0 Å². The second kappa shape index (κ2) is 7.27. The summed E-state index contributed by atoms with van der Waals surface area (Å²) in [7, 11) is 0. The van der Waals surface area contributed by atoms with Crippen molar-refractivity contribution in [1.29, 1.82) is 0 Å². The SMILES string of the molecule is OC1C2OCCCOC(C(CNc3cccc4ccccc34)O2)C1O. The van der Waals surface area contributed by atoms with Crippen LogP contribution in [0.15, 0.2) is 42.5 Å². The minimum Gasteiger partial charge on any atom is -0.387 e. The topological polar surface area (TPSA) is 80.2 Å². The van der Waals surface area contributed by atoms with Gasteiger partial charge in [0.1, 0.15) is 24.4 Å². The molecule has 134 valence electrons. The molecular weight excluding hydrogens is 322 g/mol. The van der Waals surface area contributed by atoms with Crippen molar-refractivity contribution >= 4 is 16.5 Å². The lowest BCUT2D eigenvalue weighted by atomic mass is 9.98. The molecule has 3 saturated heterocycles. The molecule has 3 aliphatic rings. The third-order valence-corrected chi connectivity index (χ3v) is 4.81. The first-order valence-electron chi connectivity index (χ1n) is 8.70. The van der Waals surface area contributed by atoms with E-state index in [4.69, 9.17) is 14.2 Å². The lowest BCUT2D eigenvalue weighted by molar-refractivity contribution is -0.291. The second-order valence-electron chi connectivity index (χ2n) is 6.49. The molecule has 3 aliphatic heterocycles. The van der Waals surface area contributed by atoms with E-state index in [9.17, 15) is 10.2 Å². The summed E-state index contributed by atoms with van der Waals surface area (Å²) in [6, 6.07) is 14.2. The van der Waals surface area contributed by atoms with E-state index in [0.717, 1.165) is 16.5 Å². The van der Waals surface area contributed by atoms with Gasteiger partial charge in [0.25, 0.3) is 0 Å². The van der Waals surface area contributed by atoms with Crippen LogP contribution in [0.4, 0.5) is 5.69 Å². The number of rotatable bonds is 3. The number of hydrogen-bond acceptors (Lipinski definition) is 6. The summed E-state index contributed by atoms with van der Waals surface area (Å²) in [5.74, 6) is 0. The second-order valence-corrected chi connectivity index (χ2v) is 6.49. The highest BCUT2D eigenvalue weighted by Crippen LogP contribution is 2.28. The van der Waals surface area contributed by atoms with E-state index >= 15 is 0 Å². The van der Waals surface area contributed by atoms with Crippen molar-refractivity contribution in [2.45, 2.75) is 37.1 Å². The molecule has 3 N–H and O–H groups in total. The van der Waals surface area contributed by atoms with Gasteiger partial charge in [-0.1, -0.05) is 36.4 Å². The lowest BCUT2D eigenvalue weighted by Crippen LogP contribution is -2.60. The van der Waals surface area contributed by atoms with Gasteiger partial charge in [-0.2, -0.15) is 0 Å². The molecule has 6 heteroatoms. The molecule has 0 saturated carbocycles. The average molecular weight is 345 g/mol. The Labute approximate surface area is 146 Å². The number of fused-ring (bicyclic) bond motifs is 7. The first kappa shape index (κ1) is 16.8. The van der Waals surface area contributed by atoms with E-state index in [1.54, 1.807) is 0 Å². The predicted molar refractivity (Wildman–Crippen MR) is 93.4 cm³/mol. The van der Waals surface area contributed by atoms with Crippen LogP contribution >= 0.6 is 0 Å². The monoisotopic (exact) mass is 345 g/mol. The highest BCUT2D eigenvalue weighted by molar-refractivity contribution is 5.93. The van der Waals surface area contributed by atoms with Crippen LogP contribution in [-0.4, -0.2) is 60.7 Å². The normalized spacial score (nSPS) is 32.8. The Hall–Kier alpha value is -1.70. The molecule has 25 heavy (non-hydrogen) atoms. The molecule has 3 fully saturated rings. The van der Waals surface area contributed by atoms with Crippen molar-refractivity contribution in [1.82, 2.24) is 0 Å². The standard InChI is InChI=1S/C19H23NO5/c21-16-17(22)19-24-10-4-9-23-18(16)15(25-19)11-20-14-8-3-6-12-5-1-2-7-13(12)14/h1-3,5-8,15-22H,4,9-11H2. The maximum atomic E-state index is 10.4. The molecule has 5 unspecified atom stereocenters.